The van der Waals surface area contributed by atoms with E-state index in [-0.39, 0.29) is 30.1 Å². The number of carbonyl (C=O) groups is 2. The normalized spacial score (nSPS) is 20.1. The highest BCUT2D eigenvalue weighted by atomic mass is 35.5. The fourth-order valence-electron chi connectivity index (χ4n) is 7.54. The lowest BCUT2D eigenvalue weighted by molar-refractivity contribution is -0.127. The van der Waals surface area contributed by atoms with Crippen LogP contribution in [0.5, 0.6) is 5.75 Å². The molecule has 4 aromatic rings. The molecule has 55 heavy (non-hydrogen) atoms. The van der Waals surface area contributed by atoms with Crippen LogP contribution in [0, 0.1) is 5.92 Å². The van der Waals surface area contributed by atoms with Gasteiger partial charge in [0, 0.05) is 75.0 Å². The van der Waals surface area contributed by atoms with Gasteiger partial charge in [0.05, 0.1) is 24.0 Å². The molecule has 2 amide bonds. The Hall–Kier alpha value is -5.12. The first-order valence-electron chi connectivity index (χ1n) is 18.8. The average Bonchev–Trinajstić information content (AvgIpc) is 3.51. The fourth-order valence-corrected chi connectivity index (χ4v) is 7.67. The zero-order chi connectivity index (χ0) is 38.6. The number of aromatic nitrogens is 4. The lowest BCUT2D eigenvalue weighted by Crippen LogP contribution is -2.43. The topological polar surface area (TPSA) is 179 Å². The number of nitrogens with zero attached hydrogens (tertiary/aromatic N) is 6. The number of anilines is 4. The van der Waals surface area contributed by atoms with E-state index in [1.54, 1.807) is 24.2 Å². The maximum absolute atomic E-state index is 11.7. The highest BCUT2D eigenvalue weighted by Gasteiger charge is 2.32. The molecule has 0 aliphatic carbocycles. The highest BCUT2D eigenvalue weighted by molar-refractivity contribution is 6.32. The van der Waals surface area contributed by atoms with E-state index in [4.69, 9.17) is 26.1 Å². The first kappa shape index (κ1) is 38.2. The molecule has 0 bridgehead atoms. The molecule has 7 rings (SSSR count). The molecule has 2 saturated heterocycles. The van der Waals surface area contributed by atoms with Crippen LogP contribution in [-0.2, 0) is 21.4 Å². The fraction of sp³-hybridized carbons (Fsp3) is 0.462. The molecule has 3 aliphatic rings. The summed E-state index contributed by atoms with van der Waals surface area (Å²) in [5.41, 5.74) is 4.09. The van der Waals surface area contributed by atoms with Gasteiger partial charge in [-0.3, -0.25) is 14.3 Å². The van der Waals surface area contributed by atoms with Gasteiger partial charge in [-0.2, -0.15) is 10.1 Å². The quantitative estimate of drug-likeness (QED) is 0.121. The predicted octanol–water partition coefficient (Wildman–Crippen LogP) is 4.41. The third-order valence-corrected chi connectivity index (χ3v) is 11.0. The van der Waals surface area contributed by atoms with Crippen LogP contribution in [0.1, 0.15) is 62.1 Å². The van der Waals surface area contributed by atoms with E-state index in [1.165, 1.54) is 7.05 Å². The first-order valence-corrected chi connectivity index (χ1v) is 19.2. The average molecular weight is 774 g/mol. The van der Waals surface area contributed by atoms with Gasteiger partial charge in [0.15, 0.2) is 18.7 Å². The number of nitrogens with one attached hydrogen (secondary N) is 3. The van der Waals surface area contributed by atoms with Crippen molar-refractivity contribution in [1.29, 1.82) is 0 Å². The molecule has 5 N–H and O–H groups in total. The molecule has 16 heteroatoms. The number of aryl methyl sites for hydroxylation is 1. The Morgan fingerprint density at radius 2 is 1.89 bits per heavy atom. The van der Waals surface area contributed by atoms with E-state index in [1.807, 2.05) is 48.1 Å². The number of aliphatic hydroxyl groups is 2. The third-order valence-electron chi connectivity index (χ3n) is 10.7. The number of likely N-dealkylation sites (N-methyl/N-ethyl adjacent to an activating group) is 2. The van der Waals surface area contributed by atoms with E-state index in [0.717, 1.165) is 84.5 Å². The molecule has 5 heterocycles. The van der Waals surface area contributed by atoms with Gasteiger partial charge in [0.25, 0.3) is 5.91 Å². The molecule has 292 valence electrons. The van der Waals surface area contributed by atoms with Crippen LogP contribution in [-0.4, -0.2) is 94.6 Å². The zero-order valence-corrected chi connectivity index (χ0v) is 32.1. The Bertz CT molecular complexity index is 2070. The molecule has 15 nitrogen and oxygen atoms in total. The number of halogens is 1. The summed E-state index contributed by atoms with van der Waals surface area (Å²) in [6.45, 7) is 2.15. The molecule has 2 aromatic heterocycles. The number of carbonyl (C=O) groups excluding carboxylic acids is 2. The molecule has 3 atom stereocenters. The van der Waals surface area contributed by atoms with E-state index in [9.17, 15) is 19.8 Å². The summed E-state index contributed by atoms with van der Waals surface area (Å²) >= 11 is 6.54. The third kappa shape index (κ3) is 8.58. The van der Waals surface area contributed by atoms with Gasteiger partial charge in [-0.15, -0.1) is 0 Å². The number of piperidine rings is 2. The molecule has 3 aliphatic heterocycles. The van der Waals surface area contributed by atoms with Crippen molar-refractivity contribution in [2.24, 2.45) is 13.0 Å². The SMILES string of the molecule is CNC(=O)COC1=Cc2cc(Nc3nc(N4CCC(CCCCOc5ccc6c(C7CCC(=O)NC7O)nn(C)c6c5)CC4)ncc3Cl)ccc2N(C)C1O. The molecule has 0 radical (unpaired) electrons. The van der Waals surface area contributed by atoms with E-state index in [0.29, 0.717) is 42.2 Å². The summed E-state index contributed by atoms with van der Waals surface area (Å²) in [6, 6.07) is 11.6. The van der Waals surface area contributed by atoms with Crippen molar-refractivity contribution in [3.63, 3.8) is 0 Å². The minimum absolute atomic E-state index is 0.136. The van der Waals surface area contributed by atoms with E-state index < -0.39 is 12.5 Å². The smallest absolute Gasteiger partial charge is 0.257 e. The Labute approximate surface area is 324 Å². The Balaban J connectivity index is 0.878. The van der Waals surface area contributed by atoms with Crippen LogP contribution < -0.4 is 30.5 Å². The number of unbranched alkanes of at least 4 members (excludes halogenated alkanes) is 1. The van der Waals surface area contributed by atoms with Crippen molar-refractivity contribution in [2.75, 3.05) is 55.5 Å². The van der Waals surface area contributed by atoms with Crippen LogP contribution >= 0.6 is 11.6 Å². The van der Waals surface area contributed by atoms with E-state index in [2.05, 4.69) is 30.9 Å². The largest absolute Gasteiger partial charge is 0.494 e. The number of ether oxygens (including phenoxy) is 2. The molecule has 2 fully saturated rings. The van der Waals surface area contributed by atoms with Gasteiger partial charge in [-0.1, -0.05) is 18.0 Å². The van der Waals surface area contributed by atoms with Crippen molar-refractivity contribution in [2.45, 2.75) is 63.3 Å². The highest BCUT2D eigenvalue weighted by Crippen LogP contribution is 2.36. The van der Waals surface area contributed by atoms with Gasteiger partial charge in [-0.05, 0) is 74.4 Å². The summed E-state index contributed by atoms with van der Waals surface area (Å²) in [6.07, 6.45) is 7.61. The Kier molecular flexibility index (Phi) is 11.6. The van der Waals surface area contributed by atoms with Crippen molar-refractivity contribution in [3.05, 3.63) is 64.6 Å². The summed E-state index contributed by atoms with van der Waals surface area (Å²) in [4.78, 5) is 36.6. The van der Waals surface area contributed by atoms with Crippen molar-refractivity contribution in [1.82, 2.24) is 30.4 Å². The van der Waals surface area contributed by atoms with Crippen LogP contribution in [0.15, 0.2) is 48.4 Å². The predicted molar refractivity (Wildman–Crippen MR) is 210 cm³/mol. The van der Waals surface area contributed by atoms with E-state index >= 15 is 0 Å². The first-order chi connectivity index (χ1) is 26.6. The second-order valence-corrected chi connectivity index (χ2v) is 14.8. The van der Waals surface area contributed by atoms with Gasteiger partial charge in [-0.25, -0.2) is 4.98 Å². The maximum atomic E-state index is 11.7. The van der Waals surface area contributed by atoms with Crippen molar-refractivity contribution in [3.8, 4) is 5.75 Å². The van der Waals surface area contributed by atoms with Crippen LogP contribution in [0.3, 0.4) is 0 Å². The minimum Gasteiger partial charge on any atom is -0.494 e. The maximum Gasteiger partial charge on any atom is 0.257 e. The summed E-state index contributed by atoms with van der Waals surface area (Å²) in [5.74, 6) is 2.15. The summed E-state index contributed by atoms with van der Waals surface area (Å²) in [7, 11) is 5.18. The molecule has 0 spiro atoms. The molecular formula is C39H48ClN9O6. The number of hydrogen-bond acceptors (Lipinski definition) is 12. The Morgan fingerprint density at radius 3 is 2.67 bits per heavy atom. The number of rotatable bonds is 13. The molecule has 2 aromatic carbocycles. The zero-order valence-electron chi connectivity index (χ0n) is 31.3. The van der Waals surface area contributed by atoms with Crippen LogP contribution in [0.4, 0.5) is 23.1 Å². The van der Waals surface area contributed by atoms with Gasteiger partial charge in [0.2, 0.25) is 11.9 Å². The molecule has 3 unspecified atom stereocenters. The second-order valence-electron chi connectivity index (χ2n) is 14.4. The monoisotopic (exact) mass is 773 g/mol. The number of amides is 2. The summed E-state index contributed by atoms with van der Waals surface area (Å²) in [5, 5.41) is 35.6. The number of aliphatic hydroxyl groups excluding tert-OH is 2. The lowest BCUT2D eigenvalue weighted by Gasteiger charge is -2.33. The summed E-state index contributed by atoms with van der Waals surface area (Å²) < 4.78 is 13.5. The lowest BCUT2D eigenvalue weighted by atomic mass is 9.92. The minimum atomic E-state index is -1.01. The van der Waals surface area contributed by atoms with Crippen LogP contribution in [0.2, 0.25) is 5.02 Å². The standard InChI is InChI=1S/C39H48ClN9O6/c1-41-34(51)22-55-32-19-24-18-25(7-11-30(24)47(2)38(32)53)43-36-29(40)21-42-39(45-36)49-15-13-23(14-16-49)6-4-5-17-54-26-8-9-27-31(20-26)48(3)46-35(27)28-10-12-33(50)44-37(28)52/h7-9,11,18-21,23,28,37-38,52-53H,4-6,10,12-17,22H2,1-3H3,(H,41,51)(H,44,50)(H,42,43,45). The van der Waals surface area contributed by atoms with Crippen molar-refractivity contribution >= 4 is 63.5 Å². The second kappa shape index (κ2) is 16.7. The number of fused-ring (bicyclic) bond motifs is 2. The molecular weight excluding hydrogens is 726 g/mol. The molecule has 0 saturated carbocycles. The van der Waals surface area contributed by atoms with Crippen LogP contribution in [0.25, 0.3) is 17.0 Å². The number of hydrogen-bond donors (Lipinski definition) is 5. The van der Waals surface area contributed by atoms with Gasteiger partial charge in [0.1, 0.15) is 22.8 Å². The Morgan fingerprint density at radius 1 is 1.07 bits per heavy atom. The van der Waals surface area contributed by atoms with Crippen molar-refractivity contribution < 1.29 is 29.3 Å². The van der Waals surface area contributed by atoms with Gasteiger partial charge >= 0.3 is 0 Å². The number of benzene rings is 2. The van der Waals surface area contributed by atoms with Gasteiger partial charge < -0.3 is 45.4 Å².